The molecule has 0 saturated carbocycles. The lowest BCUT2D eigenvalue weighted by atomic mass is 10.2. The largest absolute Gasteiger partial charge is 0.337 e. The van der Waals surface area contributed by atoms with E-state index in [1.54, 1.807) is 4.90 Å². The number of likely N-dealkylation sites (tertiary alicyclic amines) is 1. The van der Waals surface area contributed by atoms with Crippen molar-refractivity contribution >= 4 is 15.7 Å². The fourth-order valence-electron chi connectivity index (χ4n) is 2.20. The molecule has 2 saturated heterocycles. The summed E-state index contributed by atoms with van der Waals surface area (Å²) in [4.78, 5) is 13.1. The van der Waals surface area contributed by atoms with Gasteiger partial charge >= 0.3 is 0 Å². The maximum atomic E-state index is 11.3. The van der Waals surface area contributed by atoms with E-state index in [0.29, 0.717) is 19.4 Å². The van der Waals surface area contributed by atoms with Gasteiger partial charge in [-0.15, -0.1) is 0 Å². The molecule has 0 aromatic rings. The standard InChI is InChI=1S/C8H13NO3S/c1-2-8(10)9-4-7-3-6(9)5-13(7,11)12/h6-7H,2-5H2,1H3. The number of hydrogen-bond donors (Lipinski definition) is 0. The van der Waals surface area contributed by atoms with E-state index in [-0.39, 0.29) is 23.0 Å². The van der Waals surface area contributed by atoms with Crippen molar-refractivity contribution in [3.8, 4) is 0 Å². The van der Waals surface area contributed by atoms with Gasteiger partial charge in [0.2, 0.25) is 5.91 Å². The molecular weight excluding hydrogens is 190 g/mol. The van der Waals surface area contributed by atoms with Gasteiger partial charge in [-0.2, -0.15) is 0 Å². The maximum Gasteiger partial charge on any atom is 0.222 e. The van der Waals surface area contributed by atoms with Crippen LogP contribution in [0.15, 0.2) is 0 Å². The van der Waals surface area contributed by atoms with Gasteiger partial charge in [-0.05, 0) is 6.42 Å². The molecule has 2 aliphatic rings. The molecule has 0 aliphatic carbocycles. The van der Waals surface area contributed by atoms with Crippen LogP contribution >= 0.6 is 0 Å². The third kappa shape index (κ3) is 1.25. The van der Waals surface area contributed by atoms with E-state index in [0.717, 1.165) is 0 Å². The summed E-state index contributed by atoms with van der Waals surface area (Å²) in [7, 11) is -2.86. The number of amides is 1. The molecule has 0 radical (unpaired) electrons. The Morgan fingerprint density at radius 1 is 1.54 bits per heavy atom. The molecule has 0 N–H and O–H groups in total. The van der Waals surface area contributed by atoms with Crippen molar-refractivity contribution in [2.75, 3.05) is 12.3 Å². The smallest absolute Gasteiger partial charge is 0.222 e. The monoisotopic (exact) mass is 203 g/mol. The Morgan fingerprint density at radius 3 is 2.62 bits per heavy atom. The summed E-state index contributed by atoms with van der Waals surface area (Å²) in [5.74, 6) is 0.269. The highest BCUT2D eigenvalue weighted by Gasteiger charge is 2.49. The lowest BCUT2D eigenvalue weighted by Gasteiger charge is -2.26. The van der Waals surface area contributed by atoms with E-state index in [4.69, 9.17) is 0 Å². The van der Waals surface area contributed by atoms with E-state index in [2.05, 4.69) is 0 Å². The lowest BCUT2D eigenvalue weighted by Crippen LogP contribution is -2.43. The van der Waals surface area contributed by atoms with Crippen LogP contribution in [-0.2, 0) is 14.6 Å². The highest BCUT2D eigenvalue weighted by Crippen LogP contribution is 2.33. The van der Waals surface area contributed by atoms with Crippen LogP contribution in [0.5, 0.6) is 0 Å². The first-order chi connectivity index (χ1) is 6.04. The van der Waals surface area contributed by atoms with Gasteiger partial charge < -0.3 is 4.90 Å². The molecule has 13 heavy (non-hydrogen) atoms. The lowest BCUT2D eigenvalue weighted by molar-refractivity contribution is -0.131. The van der Waals surface area contributed by atoms with E-state index < -0.39 is 9.84 Å². The molecule has 0 spiro atoms. The van der Waals surface area contributed by atoms with Gasteiger partial charge in [0.05, 0.1) is 11.0 Å². The number of sulfone groups is 1. The van der Waals surface area contributed by atoms with Gasteiger partial charge in [-0.3, -0.25) is 4.79 Å². The Morgan fingerprint density at radius 2 is 2.23 bits per heavy atom. The predicted octanol–water partition coefficient (Wildman–Crippen LogP) is -0.206. The quantitative estimate of drug-likeness (QED) is 0.592. The Kier molecular flexibility index (Phi) is 1.87. The topological polar surface area (TPSA) is 54.5 Å². The highest BCUT2D eigenvalue weighted by atomic mass is 32.2. The van der Waals surface area contributed by atoms with Gasteiger partial charge in [-0.25, -0.2) is 8.42 Å². The first kappa shape index (κ1) is 8.99. The average Bonchev–Trinajstić information content (AvgIpc) is 2.57. The number of fused-ring (bicyclic) bond motifs is 2. The Hall–Kier alpha value is -0.580. The van der Waals surface area contributed by atoms with Gasteiger partial charge in [0.25, 0.3) is 0 Å². The van der Waals surface area contributed by atoms with Gasteiger partial charge in [0.15, 0.2) is 9.84 Å². The SMILES string of the molecule is CCC(=O)N1CC2CC1CS2(=O)=O. The molecule has 2 fully saturated rings. The van der Waals surface area contributed by atoms with Crippen LogP contribution in [0.1, 0.15) is 19.8 Å². The van der Waals surface area contributed by atoms with Crippen LogP contribution in [0, 0.1) is 0 Å². The third-order valence-corrected chi connectivity index (χ3v) is 5.14. The summed E-state index contributed by atoms with van der Waals surface area (Å²) in [6.07, 6.45) is 1.14. The number of carbonyl (C=O) groups is 1. The van der Waals surface area contributed by atoms with Crippen molar-refractivity contribution < 1.29 is 13.2 Å². The molecule has 0 aromatic carbocycles. The number of rotatable bonds is 1. The fourth-order valence-corrected chi connectivity index (χ4v) is 4.23. The molecule has 2 heterocycles. The van der Waals surface area contributed by atoms with Crippen molar-refractivity contribution in [1.29, 1.82) is 0 Å². The molecule has 5 heteroatoms. The molecule has 2 unspecified atom stereocenters. The normalized spacial score (nSPS) is 35.3. The second-order valence-corrected chi connectivity index (χ2v) is 6.07. The third-order valence-electron chi connectivity index (χ3n) is 2.93. The van der Waals surface area contributed by atoms with Crippen LogP contribution < -0.4 is 0 Å². The second kappa shape index (κ2) is 2.70. The van der Waals surface area contributed by atoms with Gasteiger partial charge in [0, 0.05) is 19.0 Å². The average molecular weight is 203 g/mol. The van der Waals surface area contributed by atoms with Crippen molar-refractivity contribution in [1.82, 2.24) is 4.90 Å². The van der Waals surface area contributed by atoms with Crippen LogP contribution in [-0.4, -0.2) is 42.8 Å². The zero-order valence-corrected chi connectivity index (χ0v) is 8.38. The highest BCUT2D eigenvalue weighted by molar-refractivity contribution is 7.92. The molecule has 2 bridgehead atoms. The number of nitrogens with zero attached hydrogens (tertiary/aromatic N) is 1. The number of hydrogen-bond acceptors (Lipinski definition) is 3. The van der Waals surface area contributed by atoms with Crippen LogP contribution in [0.25, 0.3) is 0 Å². The van der Waals surface area contributed by atoms with E-state index in [1.807, 2.05) is 6.92 Å². The number of carbonyl (C=O) groups excluding carboxylic acids is 1. The zero-order chi connectivity index (χ0) is 9.64. The van der Waals surface area contributed by atoms with E-state index >= 15 is 0 Å². The molecular formula is C8H13NO3S. The molecule has 1 amide bonds. The predicted molar refractivity (Wildman–Crippen MR) is 48.0 cm³/mol. The molecule has 74 valence electrons. The van der Waals surface area contributed by atoms with Crippen molar-refractivity contribution in [3.63, 3.8) is 0 Å². The minimum absolute atomic E-state index is 0.0255. The summed E-state index contributed by atoms with van der Waals surface area (Å²) in [6, 6.07) is -0.0255. The van der Waals surface area contributed by atoms with Gasteiger partial charge in [0.1, 0.15) is 0 Å². The second-order valence-electron chi connectivity index (χ2n) is 3.74. The Labute approximate surface area is 77.8 Å². The summed E-state index contributed by atoms with van der Waals surface area (Å²) in [5, 5.41) is -0.270. The maximum absolute atomic E-state index is 11.3. The van der Waals surface area contributed by atoms with E-state index in [9.17, 15) is 13.2 Å². The van der Waals surface area contributed by atoms with Crippen molar-refractivity contribution in [2.45, 2.75) is 31.1 Å². The summed E-state index contributed by atoms with van der Waals surface area (Å²) < 4.78 is 22.7. The summed E-state index contributed by atoms with van der Waals surface area (Å²) >= 11 is 0. The van der Waals surface area contributed by atoms with Crippen LogP contribution in [0.2, 0.25) is 0 Å². The van der Waals surface area contributed by atoms with Crippen LogP contribution in [0.3, 0.4) is 0 Å². The Balaban J connectivity index is 2.16. The summed E-state index contributed by atoms with van der Waals surface area (Å²) in [6.45, 7) is 2.24. The molecule has 0 aromatic heterocycles. The zero-order valence-electron chi connectivity index (χ0n) is 7.56. The first-order valence-electron chi connectivity index (χ1n) is 4.55. The van der Waals surface area contributed by atoms with E-state index in [1.165, 1.54) is 0 Å². The summed E-state index contributed by atoms with van der Waals surface area (Å²) in [5.41, 5.74) is 0. The molecule has 4 nitrogen and oxygen atoms in total. The minimum Gasteiger partial charge on any atom is -0.337 e. The first-order valence-corrected chi connectivity index (χ1v) is 6.27. The van der Waals surface area contributed by atoms with Gasteiger partial charge in [-0.1, -0.05) is 6.92 Å². The van der Waals surface area contributed by atoms with Crippen molar-refractivity contribution in [3.05, 3.63) is 0 Å². The minimum atomic E-state index is -2.86. The molecule has 2 rings (SSSR count). The van der Waals surface area contributed by atoms with Crippen LogP contribution in [0.4, 0.5) is 0 Å². The molecule has 2 aliphatic heterocycles. The van der Waals surface area contributed by atoms with Crippen molar-refractivity contribution in [2.24, 2.45) is 0 Å². The Bertz CT molecular complexity index is 335. The molecule has 2 atom stereocenters. The fraction of sp³-hybridized carbons (Fsp3) is 0.875.